The largest absolute Gasteiger partial charge is 0.486 e. The highest BCUT2D eigenvalue weighted by atomic mass is 79.9. The number of benzene rings is 1. The lowest BCUT2D eigenvalue weighted by atomic mass is 10.3. The van der Waals surface area contributed by atoms with Crippen LogP contribution in [-0.4, -0.2) is 23.5 Å². The molecule has 0 spiro atoms. The Morgan fingerprint density at radius 2 is 2.18 bits per heavy atom. The molecule has 0 aliphatic rings. The van der Waals surface area contributed by atoms with E-state index in [4.69, 9.17) is 4.74 Å². The Balaban J connectivity index is 2.95. The van der Waals surface area contributed by atoms with E-state index in [0.29, 0.717) is 5.33 Å². The van der Waals surface area contributed by atoms with Gasteiger partial charge in [-0.3, -0.25) is 10.1 Å². The summed E-state index contributed by atoms with van der Waals surface area (Å²) in [5.74, 6) is -0.269. The lowest BCUT2D eigenvalue weighted by molar-refractivity contribution is -0.386. The van der Waals surface area contributed by atoms with Crippen molar-refractivity contribution in [2.24, 2.45) is 0 Å². The molecule has 0 heterocycles. The first-order valence-electron chi connectivity index (χ1n) is 4.46. The molecule has 0 unspecified atom stereocenters. The first-order chi connectivity index (χ1) is 8.04. The van der Waals surface area contributed by atoms with E-state index in [0.717, 1.165) is 6.07 Å². The van der Waals surface area contributed by atoms with Gasteiger partial charge in [-0.1, -0.05) is 15.9 Å². The van der Waals surface area contributed by atoms with Crippen molar-refractivity contribution in [1.29, 1.82) is 0 Å². The zero-order valence-electron chi connectivity index (χ0n) is 8.44. The number of rotatable bonds is 6. The van der Waals surface area contributed by atoms with Crippen LogP contribution in [0, 0.1) is 10.1 Å². The van der Waals surface area contributed by atoms with Crippen LogP contribution in [-0.2, 0) is 0 Å². The highest BCUT2D eigenvalue weighted by molar-refractivity contribution is 9.09. The molecule has 0 N–H and O–H groups in total. The Morgan fingerprint density at radius 3 is 2.71 bits per heavy atom. The fourth-order valence-corrected chi connectivity index (χ4v) is 1.25. The average Bonchev–Trinajstić information content (AvgIpc) is 2.26. The summed E-state index contributed by atoms with van der Waals surface area (Å²) in [6, 6.07) is 3.30. The summed E-state index contributed by atoms with van der Waals surface area (Å²) in [5.41, 5.74) is -0.413. The van der Waals surface area contributed by atoms with Crippen molar-refractivity contribution in [2.75, 3.05) is 11.9 Å². The second kappa shape index (κ2) is 6.33. The Kier molecular flexibility index (Phi) is 5.08. The third kappa shape index (κ3) is 4.14. The summed E-state index contributed by atoms with van der Waals surface area (Å²) in [7, 11) is 0. The van der Waals surface area contributed by atoms with E-state index in [1.165, 1.54) is 12.1 Å². The van der Waals surface area contributed by atoms with E-state index in [1.54, 1.807) is 0 Å². The van der Waals surface area contributed by atoms with Gasteiger partial charge in [-0.15, -0.1) is 0 Å². The summed E-state index contributed by atoms with van der Waals surface area (Å²) >= 11 is 3.10. The maximum Gasteiger partial charge on any atom is 0.387 e. The standard InChI is InChI=1S/C9H8BrF2NO4/c10-3-4-16-8-2-1-6(17-9(11)12)5-7(8)13(14)15/h1-2,5,9H,3-4H2. The molecule has 0 atom stereocenters. The first kappa shape index (κ1) is 13.6. The molecule has 5 nitrogen and oxygen atoms in total. The number of hydrogen-bond acceptors (Lipinski definition) is 4. The van der Waals surface area contributed by atoms with Gasteiger partial charge in [0, 0.05) is 5.33 Å². The van der Waals surface area contributed by atoms with E-state index in [1.807, 2.05) is 0 Å². The van der Waals surface area contributed by atoms with Gasteiger partial charge in [-0.25, -0.2) is 0 Å². The second-order valence-electron chi connectivity index (χ2n) is 2.80. The van der Waals surface area contributed by atoms with Gasteiger partial charge in [0.2, 0.25) is 0 Å². The predicted octanol–water partition coefficient (Wildman–Crippen LogP) is 2.97. The number of alkyl halides is 3. The van der Waals surface area contributed by atoms with Crippen molar-refractivity contribution in [3.63, 3.8) is 0 Å². The van der Waals surface area contributed by atoms with E-state index in [2.05, 4.69) is 20.7 Å². The molecule has 94 valence electrons. The molecule has 0 bridgehead atoms. The van der Waals surface area contributed by atoms with Crippen molar-refractivity contribution in [3.8, 4) is 11.5 Å². The zero-order chi connectivity index (χ0) is 12.8. The summed E-state index contributed by atoms with van der Waals surface area (Å²) in [6.45, 7) is -2.79. The zero-order valence-corrected chi connectivity index (χ0v) is 10.0. The number of ether oxygens (including phenoxy) is 2. The Morgan fingerprint density at radius 1 is 1.47 bits per heavy atom. The summed E-state index contributed by atoms with van der Waals surface area (Å²) < 4.78 is 33.0. The van der Waals surface area contributed by atoms with Gasteiger partial charge >= 0.3 is 12.3 Å². The third-order valence-electron chi connectivity index (χ3n) is 1.69. The quantitative estimate of drug-likeness (QED) is 0.460. The molecule has 17 heavy (non-hydrogen) atoms. The lowest BCUT2D eigenvalue weighted by Gasteiger charge is -2.07. The molecule has 0 saturated carbocycles. The molecule has 0 aliphatic carbocycles. The Bertz CT molecular complexity index is 403. The van der Waals surface area contributed by atoms with Crippen LogP contribution in [0.25, 0.3) is 0 Å². The predicted molar refractivity (Wildman–Crippen MR) is 59.0 cm³/mol. The van der Waals surface area contributed by atoms with Crippen LogP contribution in [0.2, 0.25) is 0 Å². The number of hydrogen-bond donors (Lipinski definition) is 0. The molecule has 0 aromatic heterocycles. The molecule has 1 aromatic carbocycles. The lowest BCUT2D eigenvalue weighted by Crippen LogP contribution is -2.04. The maximum absolute atomic E-state index is 11.9. The van der Waals surface area contributed by atoms with Gasteiger partial charge in [-0.05, 0) is 12.1 Å². The molecule has 0 radical (unpaired) electrons. The van der Waals surface area contributed by atoms with Crippen molar-refractivity contribution >= 4 is 21.6 Å². The van der Waals surface area contributed by atoms with E-state index >= 15 is 0 Å². The topological polar surface area (TPSA) is 61.6 Å². The maximum atomic E-state index is 11.9. The van der Waals surface area contributed by atoms with Gasteiger partial charge in [-0.2, -0.15) is 8.78 Å². The minimum Gasteiger partial charge on any atom is -0.486 e. The van der Waals surface area contributed by atoms with Crippen LogP contribution >= 0.6 is 15.9 Å². The van der Waals surface area contributed by atoms with Crippen molar-refractivity contribution in [2.45, 2.75) is 6.61 Å². The van der Waals surface area contributed by atoms with Crippen LogP contribution < -0.4 is 9.47 Å². The number of halogens is 3. The molecule has 0 saturated heterocycles. The monoisotopic (exact) mass is 311 g/mol. The van der Waals surface area contributed by atoms with Crippen LogP contribution in [0.15, 0.2) is 18.2 Å². The molecule has 0 aliphatic heterocycles. The Hall–Kier alpha value is -1.44. The molecule has 0 fully saturated rings. The van der Waals surface area contributed by atoms with Gasteiger partial charge in [0.1, 0.15) is 5.75 Å². The van der Waals surface area contributed by atoms with E-state index < -0.39 is 17.2 Å². The van der Waals surface area contributed by atoms with Crippen molar-refractivity contribution in [1.82, 2.24) is 0 Å². The second-order valence-corrected chi connectivity index (χ2v) is 3.60. The number of nitro benzene ring substituents is 1. The fourth-order valence-electron chi connectivity index (χ4n) is 1.09. The molecular weight excluding hydrogens is 304 g/mol. The van der Waals surface area contributed by atoms with Gasteiger partial charge in [0.05, 0.1) is 17.6 Å². The molecule has 1 aromatic rings. The molecular formula is C9H8BrF2NO4. The molecule has 0 amide bonds. The van der Waals surface area contributed by atoms with Crippen LogP contribution in [0.4, 0.5) is 14.5 Å². The van der Waals surface area contributed by atoms with Crippen LogP contribution in [0.1, 0.15) is 0 Å². The number of nitrogens with zero attached hydrogens (tertiary/aromatic N) is 1. The first-order valence-corrected chi connectivity index (χ1v) is 5.58. The fraction of sp³-hybridized carbons (Fsp3) is 0.333. The third-order valence-corrected chi connectivity index (χ3v) is 2.01. The van der Waals surface area contributed by atoms with Gasteiger partial charge in [0.25, 0.3) is 0 Å². The highest BCUT2D eigenvalue weighted by Crippen LogP contribution is 2.31. The van der Waals surface area contributed by atoms with Crippen molar-refractivity contribution in [3.05, 3.63) is 28.3 Å². The minimum atomic E-state index is -3.02. The van der Waals surface area contributed by atoms with Crippen LogP contribution in [0.3, 0.4) is 0 Å². The molecule has 1 rings (SSSR count). The van der Waals surface area contributed by atoms with E-state index in [9.17, 15) is 18.9 Å². The van der Waals surface area contributed by atoms with Crippen LogP contribution in [0.5, 0.6) is 11.5 Å². The summed E-state index contributed by atoms with van der Waals surface area (Å²) in [4.78, 5) is 9.97. The Labute approximate surface area is 104 Å². The van der Waals surface area contributed by atoms with Crippen molar-refractivity contribution < 1.29 is 23.2 Å². The van der Waals surface area contributed by atoms with Gasteiger partial charge in [0.15, 0.2) is 5.75 Å². The SMILES string of the molecule is O=[N+]([O-])c1cc(OC(F)F)ccc1OCCBr. The highest BCUT2D eigenvalue weighted by Gasteiger charge is 2.17. The molecule has 8 heteroatoms. The summed E-state index contributed by atoms with van der Waals surface area (Å²) in [6.07, 6.45) is 0. The van der Waals surface area contributed by atoms with E-state index in [-0.39, 0.29) is 18.1 Å². The summed E-state index contributed by atoms with van der Waals surface area (Å²) in [5, 5.41) is 11.2. The minimum absolute atomic E-state index is 0.0102. The van der Waals surface area contributed by atoms with Gasteiger partial charge < -0.3 is 9.47 Å². The smallest absolute Gasteiger partial charge is 0.387 e. The number of nitro groups is 1. The average molecular weight is 312 g/mol. The normalized spacial score (nSPS) is 10.4.